The van der Waals surface area contributed by atoms with Crippen LogP contribution in [0.4, 0.5) is 11.4 Å². The van der Waals surface area contributed by atoms with Gasteiger partial charge in [-0.15, -0.1) is 0 Å². The Morgan fingerprint density at radius 3 is 2.00 bits per heavy atom. The Hall–Kier alpha value is -1.74. The molecule has 0 heterocycles. The van der Waals surface area contributed by atoms with Crippen LogP contribution < -0.4 is 11.1 Å². The van der Waals surface area contributed by atoms with E-state index in [4.69, 9.17) is 19.9 Å². The lowest BCUT2D eigenvalue weighted by molar-refractivity contribution is -0.384. The summed E-state index contributed by atoms with van der Waals surface area (Å²) in [6.07, 6.45) is 1.72. The van der Waals surface area contributed by atoms with Crippen LogP contribution in [0.1, 0.15) is 12.8 Å². The Morgan fingerprint density at radius 2 is 1.46 bits per heavy atom. The van der Waals surface area contributed by atoms with Crippen molar-refractivity contribution in [2.75, 3.05) is 58.0 Å². The van der Waals surface area contributed by atoms with Crippen LogP contribution in [-0.4, -0.2) is 57.7 Å². The molecular formula is C16H27N3O5. The summed E-state index contributed by atoms with van der Waals surface area (Å²) >= 11 is 0. The van der Waals surface area contributed by atoms with Crippen molar-refractivity contribution in [3.05, 3.63) is 34.4 Å². The fourth-order valence-electron chi connectivity index (χ4n) is 1.84. The van der Waals surface area contributed by atoms with Crippen LogP contribution in [0.3, 0.4) is 0 Å². The minimum absolute atomic E-state index is 0.0914. The normalized spacial score (nSPS) is 10.7. The maximum absolute atomic E-state index is 10.5. The number of rotatable bonds is 15. The van der Waals surface area contributed by atoms with Crippen molar-refractivity contribution in [2.45, 2.75) is 12.8 Å². The monoisotopic (exact) mass is 341 g/mol. The average Bonchev–Trinajstić information content (AvgIpc) is 2.59. The van der Waals surface area contributed by atoms with Crippen LogP contribution in [0.5, 0.6) is 0 Å². The third-order valence-electron chi connectivity index (χ3n) is 3.11. The first-order valence-corrected chi connectivity index (χ1v) is 8.15. The highest BCUT2D eigenvalue weighted by atomic mass is 16.6. The minimum atomic E-state index is -0.411. The van der Waals surface area contributed by atoms with Crippen molar-refractivity contribution in [1.29, 1.82) is 0 Å². The number of nitrogens with two attached hydrogens (primary N) is 1. The third kappa shape index (κ3) is 10.1. The summed E-state index contributed by atoms with van der Waals surface area (Å²) in [6.45, 7) is 4.96. The second kappa shape index (κ2) is 13.7. The van der Waals surface area contributed by atoms with E-state index in [0.717, 1.165) is 25.1 Å². The van der Waals surface area contributed by atoms with Crippen LogP contribution in [0.25, 0.3) is 0 Å². The minimum Gasteiger partial charge on any atom is -0.385 e. The van der Waals surface area contributed by atoms with Gasteiger partial charge in [-0.05, 0) is 31.5 Å². The molecule has 0 bridgehead atoms. The molecule has 0 amide bonds. The van der Waals surface area contributed by atoms with E-state index < -0.39 is 4.92 Å². The largest absolute Gasteiger partial charge is 0.385 e. The fourth-order valence-corrected chi connectivity index (χ4v) is 1.84. The second-order valence-electron chi connectivity index (χ2n) is 5.06. The Labute approximate surface area is 142 Å². The van der Waals surface area contributed by atoms with Crippen molar-refractivity contribution in [3.8, 4) is 0 Å². The maximum atomic E-state index is 10.5. The zero-order valence-corrected chi connectivity index (χ0v) is 13.9. The molecule has 136 valence electrons. The van der Waals surface area contributed by atoms with E-state index in [1.807, 2.05) is 0 Å². The van der Waals surface area contributed by atoms with E-state index >= 15 is 0 Å². The molecule has 0 spiro atoms. The van der Waals surface area contributed by atoms with Gasteiger partial charge < -0.3 is 25.3 Å². The molecule has 1 rings (SSSR count). The van der Waals surface area contributed by atoms with Crippen LogP contribution in [0.2, 0.25) is 0 Å². The van der Waals surface area contributed by atoms with Gasteiger partial charge in [0.25, 0.3) is 5.69 Å². The van der Waals surface area contributed by atoms with Crippen LogP contribution in [0.15, 0.2) is 24.3 Å². The molecule has 24 heavy (non-hydrogen) atoms. The van der Waals surface area contributed by atoms with E-state index in [0.29, 0.717) is 46.2 Å². The van der Waals surface area contributed by atoms with Crippen LogP contribution >= 0.6 is 0 Å². The molecule has 0 unspecified atom stereocenters. The van der Waals surface area contributed by atoms with E-state index in [-0.39, 0.29) is 5.69 Å². The second-order valence-corrected chi connectivity index (χ2v) is 5.06. The van der Waals surface area contributed by atoms with Crippen LogP contribution in [0, 0.1) is 10.1 Å². The topological polar surface area (TPSA) is 109 Å². The van der Waals surface area contributed by atoms with Gasteiger partial charge in [-0.1, -0.05) is 0 Å². The molecule has 0 aliphatic carbocycles. The predicted octanol–water partition coefficient (Wildman–Crippen LogP) is 1.80. The molecule has 3 N–H and O–H groups in total. The predicted molar refractivity (Wildman–Crippen MR) is 92.3 cm³/mol. The average molecular weight is 341 g/mol. The van der Waals surface area contributed by atoms with Crippen LogP contribution in [-0.2, 0) is 14.2 Å². The molecule has 0 atom stereocenters. The first-order valence-electron chi connectivity index (χ1n) is 8.15. The lowest BCUT2D eigenvalue weighted by Gasteiger charge is -2.08. The summed E-state index contributed by atoms with van der Waals surface area (Å²) in [5.41, 5.74) is 6.30. The van der Waals surface area contributed by atoms with Gasteiger partial charge >= 0.3 is 0 Å². The lowest BCUT2D eigenvalue weighted by atomic mass is 10.3. The highest BCUT2D eigenvalue weighted by Gasteiger charge is 2.03. The number of non-ortho nitro benzene ring substituents is 1. The number of hydrogen-bond donors (Lipinski definition) is 2. The summed E-state index contributed by atoms with van der Waals surface area (Å²) < 4.78 is 16.1. The van der Waals surface area contributed by atoms with Gasteiger partial charge in [0.05, 0.1) is 31.4 Å². The summed E-state index contributed by atoms with van der Waals surface area (Å²) in [5.74, 6) is 0. The first-order chi connectivity index (χ1) is 11.7. The van der Waals surface area contributed by atoms with E-state index in [1.54, 1.807) is 12.1 Å². The molecular weight excluding hydrogens is 314 g/mol. The summed E-state index contributed by atoms with van der Waals surface area (Å²) in [7, 11) is 0. The molecule has 8 heteroatoms. The Balaban J connectivity index is 1.87. The highest BCUT2D eigenvalue weighted by Crippen LogP contribution is 2.15. The maximum Gasteiger partial charge on any atom is 0.269 e. The number of nitro groups is 1. The number of nitrogens with zero attached hydrogens (tertiary/aromatic N) is 1. The molecule has 1 aromatic carbocycles. The van der Waals surface area contributed by atoms with Gasteiger partial charge in [0, 0.05) is 37.6 Å². The van der Waals surface area contributed by atoms with Crippen molar-refractivity contribution >= 4 is 11.4 Å². The van der Waals surface area contributed by atoms with Gasteiger partial charge in [0.1, 0.15) is 0 Å². The molecule has 1 aromatic rings. The third-order valence-corrected chi connectivity index (χ3v) is 3.11. The summed E-state index contributed by atoms with van der Waals surface area (Å²) in [6, 6.07) is 6.36. The van der Waals surface area contributed by atoms with Crippen molar-refractivity contribution in [1.82, 2.24) is 0 Å². The molecule has 0 aromatic heterocycles. The van der Waals surface area contributed by atoms with E-state index in [9.17, 15) is 10.1 Å². The smallest absolute Gasteiger partial charge is 0.269 e. The number of ether oxygens (including phenoxy) is 3. The fraction of sp³-hybridized carbons (Fsp3) is 0.625. The molecule has 0 radical (unpaired) electrons. The Kier molecular flexibility index (Phi) is 11.6. The van der Waals surface area contributed by atoms with Gasteiger partial charge in [0.2, 0.25) is 0 Å². The van der Waals surface area contributed by atoms with Gasteiger partial charge in [0.15, 0.2) is 0 Å². The van der Waals surface area contributed by atoms with Gasteiger partial charge in [-0.25, -0.2) is 0 Å². The number of hydrogen-bond acceptors (Lipinski definition) is 7. The zero-order chi connectivity index (χ0) is 17.5. The number of anilines is 1. The molecule has 8 nitrogen and oxygen atoms in total. The molecule has 0 aliphatic rings. The molecule has 0 saturated carbocycles. The highest BCUT2D eigenvalue weighted by molar-refractivity contribution is 5.48. The summed E-state index contributed by atoms with van der Waals surface area (Å²) in [4.78, 5) is 10.1. The van der Waals surface area contributed by atoms with Crippen molar-refractivity contribution in [3.63, 3.8) is 0 Å². The standard InChI is InChI=1S/C16H27N3O5/c17-7-1-9-22-11-13-24-14-12-23-10-2-8-18-15-3-5-16(6-4-15)19(20)21/h3-6,18H,1-2,7-14,17H2. The number of benzene rings is 1. The first kappa shape index (κ1) is 20.3. The number of nitrogens with one attached hydrogen (secondary N) is 1. The van der Waals surface area contributed by atoms with E-state index in [1.165, 1.54) is 12.1 Å². The SMILES string of the molecule is NCCCOCCOCCOCCCNc1ccc([N+](=O)[O-])cc1. The Bertz CT molecular complexity index is 442. The molecule has 0 saturated heterocycles. The van der Waals surface area contributed by atoms with Gasteiger partial charge in [-0.3, -0.25) is 10.1 Å². The van der Waals surface area contributed by atoms with Crippen molar-refractivity contribution in [2.24, 2.45) is 5.73 Å². The summed E-state index contributed by atoms with van der Waals surface area (Å²) in [5, 5.41) is 13.7. The number of nitro benzene ring substituents is 1. The Morgan fingerprint density at radius 1 is 0.917 bits per heavy atom. The lowest BCUT2D eigenvalue weighted by Crippen LogP contribution is -2.12. The quantitative estimate of drug-likeness (QED) is 0.284. The molecule has 0 fully saturated rings. The van der Waals surface area contributed by atoms with Crippen molar-refractivity contribution < 1.29 is 19.1 Å². The van der Waals surface area contributed by atoms with Gasteiger partial charge in [-0.2, -0.15) is 0 Å². The molecule has 0 aliphatic heterocycles. The zero-order valence-electron chi connectivity index (χ0n) is 13.9. The van der Waals surface area contributed by atoms with E-state index in [2.05, 4.69) is 5.32 Å².